The molecule has 4 nitrogen and oxygen atoms in total. The average Bonchev–Trinajstić information content (AvgIpc) is 3.23. The van der Waals surface area contributed by atoms with E-state index < -0.39 is 0 Å². The number of likely N-dealkylation sites (N-methyl/N-ethyl adjacent to an activating group) is 1. The zero-order chi connectivity index (χ0) is 14.7. The lowest BCUT2D eigenvalue weighted by Crippen LogP contribution is -2.39. The number of furan rings is 1. The van der Waals surface area contributed by atoms with Crippen molar-refractivity contribution in [3.63, 3.8) is 0 Å². The monoisotopic (exact) mass is 292 g/mol. The van der Waals surface area contributed by atoms with Gasteiger partial charge in [-0.3, -0.25) is 0 Å². The fraction of sp³-hybridized carbons (Fsp3) is 0.765. The Bertz CT molecular complexity index is 454. The first kappa shape index (κ1) is 15.1. The standard InChI is InChI=1S/C17H28N2O2/c1-13-9-16(21-17(13)10-18-14-6-7-14)12-20-11-15-5-3-4-8-19(15)2/h9,14-15,18H,3-8,10-12H2,1-2H3. The van der Waals surface area contributed by atoms with Crippen LogP contribution in [0.25, 0.3) is 0 Å². The molecule has 1 aliphatic heterocycles. The summed E-state index contributed by atoms with van der Waals surface area (Å²) < 4.78 is 11.8. The highest BCUT2D eigenvalue weighted by molar-refractivity contribution is 5.19. The number of nitrogens with zero attached hydrogens (tertiary/aromatic N) is 1. The van der Waals surface area contributed by atoms with Crippen LogP contribution in [0.4, 0.5) is 0 Å². The summed E-state index contributed by atoms with van der Waals surface area (Å²) in [6, 6.07) is 3.41. The van der Waals surface area contributed by atoms with Crippen LogP contribution >= 0.6 is 0 Å². The third-order valence-electron chi connectivity index (χ3n) is 4.68. The third-order valence-corrected chi connectivity index (χ3v) is 4.68. The molecular formula is C17H28N2O2. The van der Waals surface area contributed by atoms with Gasteiger partial charge in [-0.2, -0.15) is 0 Å². The van der Waals surface area contributed by atoms with E-state index in [4.69, 9.17) is 9.15 Å². The first-order valence-corrected chi connectivity index (χ1v) is 8.32. The van der Waals surface area contributed by atoms with Gasteiger partial charge in [0.15, 0.2) is 0 Å². The van der Waals surface area contributed by atoms with E-state index in [1.807, 2.05) is 0 Å². The lowest BCUT2D eigenvalue weighted by molar-refractivity contribution is 0.0370. The van der Waals surface area contributed by atoms with E-state index in [1.165, 1.54) is 44.2 Å². The second kappa shape index (κ2) is 6.95. The Balaban J connectivity index is 1.42. The van der Waals surface area contributed by atoms with Crippen molar-refractivity contribution in [2.45, 2.75) is 64.3 Å². The maximum atomic E-state index is 5.91. The van der Waals surface area contributed by atoms with Crippen LogP contribution in [0.2, 0.25) is 0 Å². The predicted octanol–water partition coefficient (Wildman–Crippen LogP) is 2.84. The molecule has 0 amide bonds. The van der Waals surface area contributed by atoms with Crippen molar-refractivity contribution in [3.05, 3.63) is 23.2 Å². The summed E-state index contributed by atoms with van der Waals surface area (Å²) in [6.07, 6.45) is 6.52. The van der Waals surface area contributed by atoms with Crippen LogP contribution in [0.15, 0.2) is 10.5 Å². The first-order valence-electron chi connectivity index (χ1n) is 8.32. The fourth-order valence-electron chi connectivity index (χ4n) is 3.01. The molecule has 1 aromatic rings. The summed E-state index contributed by atoms with van der Waals surface area (Å²) in [4.78, 5) is 2.42. The molecule has 0 spiro atoms. The van der Waals surface area contributed by atoms with Gasteiger partial charge >= 0.3 is 0 Å². The summed E-state index contributed by atoms with van der Waals surface area (Å²) in [5.41, 5.74) is 1.23. The van der Waals surface area contributed by atoms with Gasteiger partial charge in [-0.1, -0.05) is 6.42 Å². The Labute approximate surface area is 127 Å². The van der Waals surface area contributed by atoms with Crippen LogP contribution in [0.3, 0.4) is 0 Å². The van der Waals surface area contributed by atoms with Crippen LogP contribution in [0, 0.1) is 6.92 Å². The molecule has 2 aliphatic rings. The quantitative estimate of drug-likeness (QED) is 0.838. The number of hydrogen-bond donors (Lipinski definition) is 1. The highest BCUT2D eigenvalue weighted by atomic mass is 16.5. The molecule has 1 saturated heterocycles. The van der Waals surface area contributed by atoms with E-state index in [9.17, 15) is 0 Å². The number of likely N-dealkylation sites (tertiary alicyclic amines) is 1. The van der Waals surface area contributed by atoms with Crippen LogP contribution in [-0.2, 0) is 17.9 Å². The van der Waals surface area contributed by atoms with Crippen molar-refractivity contribution in [1.82, 2.24) is 10.2 Å². The summed E-state index contributed by atoms with van der Waals surface area (Å²) in [6.45, 7) is 5.57. The second-order valence-electron chi connectivity index (χ2n) is 6.62. The van der Waals surface area contributed by atoms with E-state index in [0.29, 0.717) is 12.6 Å². The van der Waals surface area contributed by atoms with Crippen LogP contribution in [-0.4, -0.2) is 37.2 Å². The summed E-state index contributed by atoms with van der Waals surface area (Å²) in [5, 5.41) is 3.50. The lowest BCUT2D eigenvalue weighted by atomic mass is 10.0. The van der Waals surface area contributed by atoms with Gasteiger partial charge in [-0.15, -0.1) is 0 Å². The number of hydrogen-bond acceptors (Lipinski definition) is 4. The van der Waals surface area contributed by atoms with Crippen molar-refractivity contribution < 1.29 is 9.15 Å². The van der Waals surface area contributed by atoms with E-state index >= 15 is 0 Å². The van der Waals surface area contributed by atoms with Crippen molar-refractivity contribution in [1.29, 1.82) is 0 Å². The van der Waals surface area contributed by atoms with Gasteiger partial charge in [-0.05, 0) is 57.8 Å². The minimum Gasteiger partial charge on any atom is -0.462 e. The Hall–Kier alpha value is -0.840. The minimum atomic E-state index is 0.575. The van der Waals surface area contributed by atoms with Crippen molar-refractivity contribution in [2.75, 3.05) is 20.2 Å². The number of rotatable bonds is 7. The first-order chi connectivity index (χ1) is 10.2. The van der Waals surface area contributed by atoms with E-state index in [-0.39, 0.29) is 0 Å². The largest absolute Gasteiger partial charge is 0.462 e. The molecule has 4 heteroatoms. The maximum absolute atomic E-state index is 5.91. The van der Waals surface area contributed by atoms with E-state index in [2.05, 4.69) is 30.3 Å². The predicted molar refractivity (Wildman–Crippen MR) is 83.2 cm³/mol. The lowest BCUT2D eigenvalue weighted by Gasteiger charge is -2.32. The molecule has 1 unspecified atom stereocenters. The zero-order valence-electron chi connectivity index (χ0n) is 13.4. The van der Waals surface area contributed by atoms with Gasteiger partial charge in [0.1, 0.15) is 18.1 Å². The normalized spacial score (nSPS) is 23.6. The van der Waals surface area contributed by atoms with E-state index in [0.717, 1.165) is 30.7 Å². The Morgan fingerprint density at radius 2 is 2.19 bits per heavy atom. The molecule has 0 aromatic carbocycles. The van der Waals surface area contributed by atoms with Gasteiger partial charge in [0.2, 0.25) is 0 Å². The van der Waals surface area contributed by atoms with Crippen LogP contribution < -0.4 is 5.32 Å². The molecule has 2 fully saturated rings. The van der Waals surface area contributed by atoms with E-state index in [1.54, 1.807) is 0 Å². The van der Waals surface area contributed by atoms with Crippen LogP contribution in [0.5, 0.6) is 0 Å². The summed E-state index contributed by atoms with van der Waals surface area (Å²) in [7, 11) is 2.20. The van der Waals surface area contributed by atoms with Crippen molar-refractivity contribution >= 4 is 0 Å². The molecule has 0 bridgehead atoms. The third kappa shape index (κ3) is 4.31. The SMILES string of the molecule is Cc1cc(COCC2CCCCN2C)oc1CNC1CC1. The molecular weight excluding hydrogens is 264 g/mol. The average molecular weight is 292 g/mol. The number of piperidine rings is 1. The van der Waals surface area contributed by atoms with Gasteiger partial charge in [0, 0.05) is 12.1 Å². The Kier molecular flexibility index (Phi) is 4.99. The number of ether oxygens (including phenoxy) is 1. The van der Waals surface area contributed by atoms with Crippen LogP contribution in [0.1, 0.15) is 49.2 Å². The highest BCUT2D eigenvalue weighted by Crippen LogP contribution is 2.22. The van der Waals surface area contributed by atoms with Gasteiger partial charge in [0.05, 0.1) is 13.2 Å². The van der Waals surface area contributed by atoms with Gasteiger partial charge < -0.3 is 19.4 Å². The number of aryl methyl sites for hydroxylation is 1. The molecule has 118 valence electrons. The zero-order valence-corrected chi connectivity index (χ0v) is 13.4. The van der Waals surface area contributed by atoms with Gasteiger partial charge in [-0.25, -0.2) is 0 Å². The molecule has 1 saturated carbocycles. The number of nitrogens with one attached hydrogen (secondary N) is 1. The molecule has 21 heavy (non-hydrogen) atoms. The molecule has 3 rings (SSSR count). The highest BCUT2D eigenvalue weighted by Gasteiger charge is 2.21. The fourth-order valence-corrected chi connectivity index (χ4v) is 3.01. The van der Waals surface area contributed by atoms with Crippen molar-refractivity contribution in [3.8, 4) is 0 Å². The topological polar surface area (TPSA) is 37.6 Å². The second-order valence-corrected chi connectivity index (χ2v) is 6.62. The molecule has 0 radical (unpaired) electrons. The summed E-state index contributed by atoms with van der Waals surface area (Å²) >= 11 is 0. The molecule has 1 atom stereocenters. The molecule has 2 heterocycles. The Morgan fingerprint density at radius 3 is 2.95 bits per heavy atom. The smallest absolute Gasteiger partial charge is 0.130 e. The van der Waals surface area contributed by atoms with Crippen molar-refractivity contribution in [2.24, 2.45) is 0 Å². The molecule has 1 aliphatic carbocycles. The van der Waals surface area contributed by atoms with Gasteiger partial charge in [0.25, 0.3) is 0 Å². The minimum absolute atomic E-state index is 0.575. The summed E-state index contributed by atoms with van der Waals surface area (Å²) in [5.74, 6) is 2.02. The Morgan fingerprint density at radius 1 is 1.33 bits per heavy atom. The maximum Gasteiger partial charge on any atom is 0.130 e. The molecule has 1 N–H and O–H groups in total. The molecule has 1 aromatic heterocycles.